The third-order valence-corrected chi connectivity index (χ3v) is 3.40. The first-order chi connectivity index (χ1) is 8.24. The van der Waals surface area contributed by atoms with Gasteiger partial charge in [0.2, 0.25) is 0 Å². The van der Waals surface area contributed by atoms with Gasteiger partial charge in [0, 0.05) is 6.04 Å². The molecule has 0 bridgehead atoms. The second-order valence-electron chi connectivity index (χ2n) is 5.13. The Morgan fingerprint density at radius 2 is 1.88 bits per heavy atom. The van der Waals surface area contributed by atoms with E-state index in [1.54, 1.807) is 0 Å². The number of ether oxygens (including phenoxy) is 1. The van der Waals surface area contributed by atoms with E-state index in [1.165, 1.54) is 32.1 Å². The summed E-state index contributed by atoms with van der Waals surface area (Å²) in [5, 5.41) is 3.25. The SMILES string of the molecule is CCCCCCCCOC(=O)[C@@H]1CC[C@H](C)N1. The lowest BCUT2D eigenvalue weighted by Crippen LogP contribution is -2.35. The lowest BCUT2D eigenvalue weighted by molar-refractivity contribution is -0.145. The van der Waals surface area contributed by atoms with Crippen LogP contribution in [0.2, 0.25) is 0 Å². The van der Waals surface area contributed by atoms with E-state index in [1.807, 2.05) is 0 Å². The lowest BCUT2D eigenvalue weighted by atomic mass is 10.1. The zero-order chi connectivity index (χ0) is 12.5. The molecule has 0 unspecified atom stereocenters. The second kappa shape index (κ2) is 8.51. The molecule has 1 rings (SSSR count). The Bertz CT molecular complexity index is 218. The summed E-state index contributed by atoms with van der Waals surface area (Å²) in [6.07, 6.45) is 9.38. The molecule has 1 heterocycles. The summed E-state index contributed by atoms with van der Waals surface area (Å²) in [5.41, 5.74) is 0. The van der Waals surface area contributed by atoms with Gasteiger partial charge < -0.3 is 10.1 Å². The molecule has 1 saturated heterocycles. The van der Waals surface area contributed by atoms with Gasteiger partial charge in [-0.05, 0) is 26.2 Å². The van der Waals surface area contributed by atoms with Gasteiger partial charge in [0.05, 0.1) is 6.61 Å². The molecular weight excluding hydrogens is 214 g/mol. The predicted molar refractivity (Wildman–Crippen MR) is 70.0 cm³/mol. The molecule has 0 aromatic heterocycles. The summed E-state index contributed by atoms with van der Waals surface area (Å²) in [6, 6.07) is 0.409. The van der Waals surface area contributed by atoms with E-state index >= 15 is 0 Å². The summed E-state index contributed by atoms with van der Waals surface area (Å²) < 4.78 is 5.28. The Balaban J connectivity index is 1.93. The molecule has 0 spiro atoms. The van der Waals surface area contributed by atoms with Crippen molar-refractivity contribution in [3.63, 3.8) is 0 Å². The maximum absolute atomic E-state index is 11.6. The molecule has 0 aromatic rings. The quantitative estimate of drug-likeness (QED) is 0.524. The van der Waals surface area contributed by atoms with Gasteiger partial charge in [0.1, 0.15) is 6.04 Å². The number of nitrogens with one attached hydrogen (secondary N) is 1. The summed E-state index contributed by atoms with van der Waals surface area (Å²) in [4.78, 5) is 11.6. The standard InChI is InChI=1S/C14H27NO2/c1-3-4-5-6-7-8-11-17-14(16)13-10-9-12(2)15-13/h12-13,15H,3-11H2,1-2H3/t12-,13-/m0/s1. The number of rotatable bonds is 8. The van der Waals surface area contributed by atoms with Gasteiger partial charge >= 0.3 is 5.97 Å². The number of esters is 1. The van der Waals surface area contributed by atoms with Crippen LogP contribution in [0.25, 0.3) is 0 Å². The van der Waals surface area contributed by atoms with Crippen LogP contribution in [-0.2, 0) is 9.53 Å². The largest absolute Gasteiger partial charge is 0.465 e. The summed E-state index contributed by atoms with van der Waals surface area (Å²) in [6.45, 7) is 4.93. The Hall–Kier alpha value is -0.570. The van der Waals surface area contributed by atoms with Crippen molar-refractivity contribution in [2.75, 3.05) is 6.61 Å². The molecule has 100 valence electrons. The van der Waals surface area contributed by atoms with Crippen LogP contribution in [0.3, 0.4) is 0 Å². The second-order valence-corrected chi connectivity index (χ2v) is 5.13. The molecule has 0 amide bonds. The van der Waals surface area contributed by atoms with Crippen LogP contribution in [0.4, 0.5) is 0 Å². The van der Waals surface area contributed by atoms with Gasteiger partial charge in [-0.2, -0.15) is 0 Å². The van der Waals surface area contributed by atoms with Gasteiger partial charge in [0.25, 0.3) is 0 Å². The fraction of sp³-hybridized carbons (Fsp3) is 0.929. The average molecular weight is 241 g/mol. The molecular formula is C14H27NO2. The van der Waals surface area contributed by atoms with Gasteiger partial charge in [-0.15, -0.1) is 0 Å². The third kappa shape index (κ3) is 6.06. The fourth-order valence-electron chi connectivity index (χ4n) is 2.27. The van der Waals surface area contributed by atoms with E-state index in [2.05, 4.69) is 19.2 Å². The minimum absolute atomic E-state index is 0.0508. The molecule has 1 N–H and O–H groups in total. The van der Waals surface area contributed by atoms with E-state index in [0.29, 0.717) is 12.6 Å². The summed E-state index contributed by atoms with van der Waals surface area (Å²) >= 11 is 0. The number of unbranched alkanes of at least 4 members (excludes halogenated alkanes) is 5. The highest BCUT2D eigenvalue weighted by atomic mass is 16.5. The maximum Gasteiger partial charge on any atom is 0.323 e. The molecule has 17 heavy (non-hydrogen) atoms. The first kappa shape index (κ1) is 14.5. The van der Waals surface area contributed by atoms with Crippen molar-refractivity contribution < 1.29 is 9.53 Å². The van der Waals surface area contributed by atoms with Crippen molar-refractivity contribution in [2.24, 2.45) is 0 Å². The van der Waals surface area contributed by atoms with Gasteiger partial charge in [-0.3, -0.25) is 4.79 Å². The van der Waals surface area contributed by atoms with Crippen molar-refractivity contribution in [3.8, 4) is 0 Å². The van der Waals surface area contributed by atoms with Crippen molar-refractivity contribution in [3.05, 3.63) is 0 Å². The third-order valence-electron chi connectivity index (χ3n) is 3.40. The molecule has 1 aliphatic heterocycles. The zero-order valence-electron chi connectivity index (χ0n) is 11.3. The zero-order valence-corrected chi connectivity index (χ0v) is 11.3. The van der Waals surface area contributed by atoms with Crippen LogP contribution in [0, 0.1) is 0 Å². The minimum Gasteiger partial charge on any atom is -0.465 e. The summed E-state index contributed by atoms with van der Waals surface area (Å²) in [7, 11) is 0. The Morgan fingerprint density at radius 3 is 2.53 bits per heavy atom. The van der Waals surface area contributed by atoms with Crippen LogP contribution >= 0.6 is 0 Å². The molecule has 0 saturated carbocycles. The highest BCUT2D eigenvalue weighted by molar-refractivity contribution is 5.76. The minimum atomic E-state index is -0.0529. The van der Waals surface area contributed by atoms with Crippen molar-refractivity contribution in [1.82, 2.24) is 5.32 Å². The number of carbonyl (C=O) groups is 1. The Kier molecular flexibility index (Phi) is 7.25. The van der Waals surface area contributed by atoms with Gasteiger partial charge in [-0.1, -0.05) is 39.0 Å². The maximum atomic E-state index is 11.6. The van der Waals surface area contributed by atoms with E-state index in [-0.39, 0.29) is 12.0 Å². The molecule has 0 aliphatic carbocycles. The van der Waals surface area contributed by atoms with E-state index < -0.39 is 0 Å². The Morgan fingerprint density at radius 1 is 1.18 bits per heavy atom. The van der Waals surface area contributed by atoms with Crippen LogP contribution in [-0.4, -0.2) is 24.7 Å². The average Bonchev–Trinajstić information content (AvgIpc) is 2.74. The van der Waals surface area contributed by atoms with Crippen LogP contribution < -0.4 is 5.32 Å². The normalized spacial score (nSPS) is 23.9. The first-order valence-corrected chi connectivity index (χ1v) is 7.16. The molecule has 3 heteroatoms. The van der Waals surface area contributed by atoms with Crippen molar-refractivity contribution >= 4 is 5.97 Å². The molecule has 0 aromatic carbocycles. The van der Waals surface area contributed by atoms with Crippen molar-refractivity contribution in [2.45, 2.75) is 77.3 Å². The fourth-order valence-corrected chi connectivity index (χ4v) is 2.27. The van der Waals surface area contributed by atoms with Gasteiger partial charge in [-0.25, -0.2) is 0 Å². The molecule has 3 nitrogen and oxygen atoms in total. The van der Waals surface area contributed by atoms with E-state index in [4.69, 9.17) is 4.74 Å². The molecule has 0 radical (unpaired) electrons. The van der Waals surface area contributed by atoms with Crippen LogP contribution in [0.5, 0.6) is 0 Å². The number of hydrogen-bond acceptors (Lipinski definition) is 3. The lowest BCUT2D eigenvalue weighted by Gasteiger charge is -2.11. The monoisotopic (exact) mass is 241 g/mol. The first-order valence-electron chi connectivity index (χ1n) is 7.16. The van der Waals surface area contributed by atoms with Crippen LogP contribution in [0.15, 0.2) is 0 Å². The number of hydrogen-bond donors (Lipinski definition) is 1. The van der Waals surface area contributed by atoms with Gasteiger partial charge in [0.15, 0.2) is 0 Å². The van der Waals surface area contributed by atoms with Crippen molar-refractivity contribution in [1.29, 1.82) is 0 Å². The van der Waals surface area contributed by atoms with E-state index in [9.17, 15) is 4.79 Å². The topological polar surface area (TPSA) is 38.3 Å². The summed E-state index contributed by atoms with van der Waals surface area (Å²) in [5.74, 6) is -0.0529. The highest BCUT2D eigenvalue weighted by Gasteiger charge is 2.27. The van der Waals surface area contributed by atoms with E-state index in [0.717, 1.165) is 19.3 Å². The molecule has 2 atom stereocenters. The highest BCUT2D eigenvalue weighted by Crippen LogP contribution is 2.13. The molecule has 1 aliphatic rings. The number of carbonyl (C=O) groups excluding carboxylic acids is 1. The molecule has 1 fully saturated rings. The smallest absolute Gasteiger partial charge is 0.323 e. The Labute approximate surface area is 105 Å². The predicted octanol–water partition coefficient (Wildman–Crippen LogP) is 3.03. The van der Waals surface area contributed by atoms with Crippen LogP contribution in [0.1, 0.15) is 65.2 Å².